The maximum absolute atomic E-state index is 5.50. The summed E-state index contributed by atoms with van der Waals surface area (Å²) in [6, 6.07) is 3.92. The first-order chi connectivity index (χ1) is 11.3. The van der Waals surface area contributed by atoms with E-state index in [1.54, 1.807) is 29.4 Å². The molecule has 0 spiro atoms. The van der Waals surface area contributed by atoms with Gasteiger partial charge in [-0.3, -0.25) is 4.57 Å². The predicted octanol–water partition coefficient (Wildman–Crippen LogP) is 4.11. The minimum absolute atomic E-state index is 0.567. The van der Waals surface area contributed by atoms with Crippen LogP contribution in [0.5, 0.6) is 0 Å². The molecule has 1 aliphatic rings. The molecule has 3 aromatic heterocycles. The first-order valence-corrected chi connectivity index (χ1v) is 9.71. The van der Waals surface area contributed by atoms with E-state index in [4.69, 9.17) is 4.42 Å². The number of aryl methyl sites for hydroxylation is 1. The molecule has 7 heteroatoms. The molecule has 0 aliphatic heterocycles. The molecule has 0 bridgehead atoms. The predicted molar refractivity (Wildman–Crippen MR) is 90.9 cm³/mol. The Morgan fingerprint density at radius 3 is 3.00 bits per heavy atom. The smallest absolute Gasteiger partial charge is 0.192 e. The molecule has 1 fully saturated rings. The van der Waals surface area contributed by atoms with E-state index in [2.05, 4.69) is 32.1 Å². The van der Waals surface area contributed by atoms with E-state index in [-0.39, 0.29) is 0 Å². The molecular weight excluding hydrogens is 328 g/mol. The van der Waals surface area contributed by atoms with Crippen molar-refractivity contribution in [2.75, 3.05) is 0 Å². The molecule has 0 unspecified atom stereocenters. The summed E-state index contributed by atoms with van der Waals surface area (Å²) in [6.45, 7) is 2.84. The van der Waals surface area contributed by atoms with Crippen molar-refractivity contribution < 1.29 is 4.42 Å². The van der Waals surface area contributed by atoms with Crippen LogP contribution in [0.15, 0.2) is 33.3 Å². The van der Waals surface area contributed by atoms with Gasteiger partial charge in [-0.25, -0.2) is 4.98 Å². The van der Waals surface area contributed by atoms with Gasteiger partial charge < -0.3 is 4.42 Å². The molecular formula is C16H18N4OS2. The van der Waals surface area contributed by atoms with Gasteiger partial charge >= 0.3 is 0 Å². The number of furan rings is 1. The van der Waals surface area contributed by atoms with Gasteiger partial charge in [-0.05, 0) is 31.4 Å². The minimum atomic E-state index is 0.567. The van der Waals surface area contributed by atoms with Gasteiger partial charge in [0.25, 0.3) is 0 Å². The second-order valence-electron chi connectivity index (χ2n) is 5.66. The summed E-state index contributed by atoms with van der Waals surface area (Å²) in [7, 11) is 0. The number of hydrogen-bond acceptors (Lipinski definition) is 6. The molecule has 0 aromatic carbocycles. The Hall–Kier alpha value is -1.60. The Bertz CT molecular complexity index is 774. The molecule has 0 saturated heterocycles. The number of thioether (sulfide) groups is 1. The standard InChI is InChI=1S/C16H18N4OS2/c1-2-14-17-12(9-22-14)10-23-16-19-18-15(11-5-6-11)20(16)8-13-4-3-7-21-13/h3-4,7,9,11H,2,5-6,8,10H2,1H3. The average molecular weight is 346 g/mol. The fourth-order valence-electron chi connectivity index (χ4n) is 2.47. The van der Waals surface area contributed by atoms with Crippen molar-refractivity contribution in [1.82, 2.24) is 19.7 Å². The normalized spacial score (nSPS) is 14.5. The maximum Gasteiger partial charge on any atom is 0.192 e. The highest BCUT2D eigenvalue weighted by Gasteiger charge is 2.30. The van der Waals surface area contributed by atoms with Gasteiger partial charge in [0.2, 0.25) is 0 Å². The molecule has 3 aromatic rings. The van der Waals surface area contributed by atoms with Crippen LogP contribution in [0.4, 0.5) is 0 Å². The molecule has 0 radical (unpaired) electrons. The third-order valence-corrected chi connectivity index (χ3v) is 5.88. The van der Waals surface area contributed by atoms with Crippen LogP contribution >= 0.6 is 23.1 Å². The van der Waals surface area contributed by atoms with Crippen LogP contribution < -0.4 is 0 Å². The zero-order valence-corrected chi connectivity index (χ0v) is 14.6. The summed E-state index contributed by atoms with van der Waals surface area (Å²) >= 11 is 3.43. The van der Waals surface area contributed by atoms with Gasteiger partial charge in [0.15, 0.2) is 5.16 Å². The number of thiazole rings is 1. The Morgan fingerprint density at radius 2 is 2.30 bits per heavy atom. The van der Waals surface area contributed by atoms with Crippen molar-refractivity contribution in [2.24, 2.45) is 0 Å². The van der Waals surface area contributed by atoms with E-state index in [1.807, 2.05) is 12.1 Å². The highest BCUT2D eigenvalue weighted by Crippen LogP contribution is 2.40. The van der Waals surface area contributed by atoms with Gasteiger partial charge in [-0.1, -0.05) is 18.7 Å². The maximum atomic E-state index is 5.50. The topological polar surface area (TPSA) is 56.7 Å². The summed E-state index contributed by atoms with van der Waals surface area (Å²) in [6.07, 6.45) is 5.14. The van der Waals surface area contributed by atoms with Crippen LogP contribution in [0.25, 0.3) is 0 Å². The van der Waals surface area contributed by atoms with Gasteiger partial charge in [0.1, 0.15) is 11.6 Å². The molecule has 120 valence electrons. The van der Waals surface area contributed by atoms with Gasteiger partial charge in [-0.2, -0.15) is 0 Å². The lowest BCUT2D eigenvalue weighted by molar-refractivity contribution is 0.478. The minimum Gasteiger partial charge on any atom is -0.467 e. The second-order valence-corrected chi connectivity index (χ2v) is 7.54. The van der Waals surface area contributed by atoms with E-state index < -0.39 is 0 Å². The Labute approximate surface area is 143 Å². The molecule has 0 atom stereocenters. The molecule has 5 nitrogen and oxygen atoms in total. The molecule has 1 saturated carbocycles. The van der Waals surface area contributed by atoms with Gasteiger partial charge in [0, 0.05) is 17.1 Å². The third-order valence-electron chi connectivity index (χ3n) is 3.83. The Balaban J connectivity index is 1.52. The highest BCUT2D eigenvalue weighted by molar-refractivity contribution is 7.98. The molecule has 3 heterocycles. The van der Waals surface area contributed by atoms with Crippen molar-refractivity contribution in [3.8, 4) is 0 Å². The fraction of sp³-hybridized carbons (Fsp3) is 0.438. The molecule has 23 heavy (non-hydrogen) atoms. The number of rotatable bonds is 7. The number of hydrogen-bond donors (Lipinski definition) is 0. The SMILES string of the molecule is CCc1nc(CSc2nnc(C3CC3)n2Cc2ccco2)cs1. The van der Waals surface area contributed by atoms with Crippen molar-refractivity contribution in [3.63, 3.8) is 0 Å². The summed E-state index contributed by atoms with van der Waals surface area (Å²) in [4.78, 5) is 4.63. The number of nitrogens with zero attached hydrogens (tertiary/aromatic N) is 4. The highest BCUT2D eigenvalue weighted by atomic mass is 32.2. The monoisotopic (exact) mass is 346 g/mol. The molecule has 0 amide bonds. The van der Waals surface area contributed by atoms with Crippen LogP contribution in [0, 0.1) is 0 Å². The van der Waals surface area contributed by atoms with Gasteiger partial charge in [0.05, 0.1) is 23.5 Å². The van der Waals surface area contributed by atoms with E-state index in [1.165, 1.54) is 17.8 Å². The lowest BCUT2D eigenvalue weighted by atomic mass is 10.3. The average Bonchev–Trinajstić information content (AvgIpc) is 2.99. The Kier molecular flexibility index (Phi) is 4.22. The summed E-state index contributed by atoms with van der Waals surface area (Å²) in [5.41, 5.74) is 1.12. The van der Waals surface area contributed by atoms with Crippen molar-refractivity contribution in [1.29, 1.82) is 0 Å². The summed E-state index contributed by atoms with van der Waals surface area (Å²) < 4.78 is 7.70. The van der Waals surface area contributed by atoms with E-state index >= 15 is 0 Å². The van der Waals surface area contributed by atoms with E-state index in [0.29, 0.717) is 12.5 Å². The first-order valence-electron chi connectivity index (χ1n) is 7.85. The van der Waals surface area contributed by atoms with Crippen LogP contribution in [0.1, 0.15) is 48.0 Å². The molecule has 4 rings (SSSR count). The van der Waals surface area contributed by atoms with Crippen molar-refractivity contribution in [2.45, 2.75) is 49.6 Å². The van der Waals surface area contributed by atoms with Crippen LogP contribution in [0.2, 0.25) is 0 Å². The summed E-state index contributed by atoms with van der Waals surface area (Å²) in [5, 5.41) is 13.1. The largest absolute Gasteiger partial charge is 0.467 e. The Morgan fingerprint density at radius 1 is 1.39 bits per heavy atom. The first kappa shape index (κ1) is 15.0. The van der Waals surface area contributed by atoms with Crippen molar-refractivity contribution >= 4 is 23.1 Å². The van der Waals surface area contributed by atoms with Crippen molar-refractivity contribution in [3.05, 3.63) is 46.1 Å². The number of aromatic nitrogens is 4. The zero-order valence-electron chi connectivity index (χ0n) is 12.9. The molecule has 1 aliphatic carbocycles. The molecule has 0 N–H and O–H groups in total. The van der Waals surface area contributed by atoms with E-state index in [9.17, 15) is 0 Å². The lowest BCUT2D eigenvalue weighted by Gasteiger charge is -2.07. The van der Waals surface area contributed by atoms with Gasteiger partial charge in [-0.15, -0.1) is 21.5 Å². The fourth-order valence-corrected chi connectivity index (χ4v) is 4.16. The third kappa shape index (κ3) is 3.35. The van der Waals surface area contributed by atoms with Crippen LogP contribution in [0.3, 0.4) is 0 Å². The van der Waals surface area contributed by atoms with Crippen LogP contribution in [-0.4, -0.2) is 19.7 Å². The lowest BCUT2D eigenvalue weighted by Crippen LogP contribution is -2.05. The quantitative estimate of drug-likeness (QED) is 0.603. The van der Waals surface area contributed by atoms with E-state index in [0.717, 1.165) is 34.6 Å². The van der Waals surface area contributed by atoms with Crippen LogP contribution in [-0.2, 0) is 18.7 Å². The second kappa shape index (κ2) is 6.49. The zero-order chi connectivity index (χ0) is 15.6. The summed E-state index contributed by atoms with van der Waals surface area (Å²) in [5.74, 6) is 3.43.